The van der Waals surface area contributed by atoms with Crippen molar-refractivity contribution in [2.45, 2.75) is 6.92 Å². The van der Waals surface area contributed by atoms with Crippen LogP contribution in [0, 0.1) is 0 Å². The molecule has 0 aliphatic carbocycles. The highest BCUT2D eigenvalue weighted by atomic mass is 16.7. The van der Waals surface area contributed by atoms with Crippen LogP contribution in [-0.4, -0.2) is 30.7 Å². The molecule has 1 heterocycles. The average molecular weight is 313 g/mol. The summed E-state index contributed by atoms with van der Waals surface area (Å²) in [5.41, 5.74) is 1.47. The van der Waals surface area contributed by atoms with Gasteiger partial charge in [-0.1, -0.05) is 6.07 Å². The second-order valence-corrected chi connectivity index (χ2v) is 4.79. The lowest BCUT2D eigenvalue weighted by Crippen LogP contribution is -1.96. The third-order valence-electron chi connectivity index (χ3n) is 3.25. The summed E-state index contributed by atoms with van der Waals surface area (Å²) < 4.78 is 16.3. The largest absolute Gasteiger partial charge is 0.493 e. The van der Waals surface area contributed by atoms with Crippen molar-refractivity contribution in [3.05, 3.63) is 47.5 Å². The Morgan fingerprint density at radius 2 is 2.09 bits per heavy atom. The van der Waals surface area contributed by atoms with Gasteiger partial charge >= 0.3 is 5.97 Å². The van der Waals surface area contributed by atoms with E-state index in [1.807, 2.05) is 6.92 Å². The zero-order valence-electron chi connectivity index (χ0n) is 12.5. The van der Waals surface area contributed by atoms with Crippen molar-refractivity contribution in [2.24, 2.45) is 4.99 Å². The summed E-state index contributed by atoms with van der Waals surface area (Å²) in [6, 6.07) is 9.97. The van der Waals surface area contributed by atoms with Crippen LogP contribution >= 0.6 is 0 Å². The van der Waals surface area contributed by atoms with Crippen LogP contribution in [0.4, 0.5) is 5.69 Å². The Kier molecular flexibility index (Phi) is 4.14. The van der Waals surface area contributed by atoms with E-state index in [1.54, 1.807) is 30.5 Å². The quantitative estimate of drug-likeness (QED) is 0.857. The van der Waals surface area contributed by atoms with Crippen LogP contribution in [0.25, 0.3) is 0 Å². The number of aromatic carboxylic acids is 1. The molecule has 6 heteroatoms. The van der Waals surface area contributed by atoms with Crippen molar-refractivity contribution in [1.82, 2.24) is 0 Å². The van der Waals surface area contributed by atoms with Gasteiger partial charge in [-0.2, -0.15) is 0 Å². The standard InChI is InChI=1S/C17H15NO5/c1-2-21-14-8-16-15(22-10-23-16)7-12(14)9-18-13-5-3-4-11(6-13)17(19)20/h3-9H,2,10H2,1H3,(H,19,20). The normalized spacial score (nSPS) is 12.6. The summed E-state index contributed by atoms with van der Waals surface area (Å²) >= 11 is 0. The Hall–Kier alpha value is -3.02. The molecule has 0 amide bonds. The molecular formula is C17H15NO5. The number of ether oxygens (including phenoxy) is 3. The molecule has 0 radical (unpaired) electrons. The van der Waals surface area contributed by atoms with Gasteiger partial charge in [0.2, 0.25) is 6.79 Å². The zero-order chi connectivity index (χ0) is 16.2. The number of hydrogen-bond acceptors (Lipinski definition) is 5. The maximum Gasteiger partial charge on any atom is 0.335 e. The summed E-state index contributed by atoms with van der Waals surface area (Å²) in [6.45, 7) is 2.58. The number of carboxylic acid groups (broad SMARTS) is 1. The number of hydrogen-bond donors (Lipinski definition) is 1. The Bertz CT molecular complexity index is 770. The lowest BCUT2D eigenvalue weighted by molar-refractivity contribution is 0.0697. The average Bonchev–Trinajstić information content (AvgIpc) is 3.00. The van der Waals surface area contributed by atoms with Gasteiger partial charge in [-0.15, -0.1) is 0 Å². The van der Waals surface area contributed by atoms with Crippen molar-refractivity contribution in [2.75, 3.05) is 13.4 Å². The first-order valence-electron chi connectivity index (χ1n) is 7.11. The number of aliphatic imine (C=N–C) groups is 1. The topological polar surface area (TPSA) is 77.4 Å². The van der Waals surface area contributed by atoms with Crippen molar-refractivity contribution in [3.8, 4) is 17.2 Å². The predicted molar refractivity (Wildman–Crippen MR) is 84.4 cm³/mol. The number of fused-ring (bicyclic) bond motifs is 1. The van der Waals surface area contributed by atoms with E-state index in [0.717, 1.165) is 5.56 Å². The fraction of sp³-hybridized carbons (Fsp3) is 0.176. The molecule has 0 saturated carbocycles. The molecule has 6 nitrogen and oxygen atoms in total. The van der Waals surface area contributed by atoms with Crippen LogP contribution in [0.1, 0.15) is 22.8 Å². The monoisotopic (exact) mass is 313 g/mol. The number of nitrogens with zero attached hydrogens (tertiary/aromatic N) is 1. The predicted octanol–water partition coefficient (Wildman–Crippen LogP) is 3.26. The van der Waals surface area contributed by atoms with Gasteiger partial charge in [-0.25, -0.2) is 4.79 Å². The third-order valence-corrected chi connectivity index (χ3v) is 3.25. The summed E-state index contributed by atoms with van der Waals surface area (Å²) in [7, 11) is 0. The van der Waals surface area contributed by atoms with Gasteiger partial charge in [0.05, 0.1) is 17.9 Å². The summed E-state index contributed by atoms with van der Waals surface area (Å²) in [4.78, 5) is 15.3. The molecule has 0 saturated heterocycles. The number of carbonyl (C=O) groups is 1. The van der Waals surface area contributed by atoms with Crippen molar-refractivity contribution < 1.29 is 24.1 Å². The summed E-state index contributed by atoms with van der Waals surface area (Å²) in [6.07, 6.45) is 1.62. The molecule has 23 heavy (non-hydrogen) atoms. The Morgan fingerprint density at radius 3 is 2.83 bits per heavy atom. The number of benzene rings is 2. The van der Waals surface area contributed by atoms with Crippen LogP contribution < -0.4 is 14.2 Å². The van der Waals surface area contributed by atoms with Crippen LogP contribution in [0.3, 0.4) is 0 Å². The molecule has 0 unspecified atom stereocenters. The number of rotatable bonds is 5. The molecule has 0 aromatic heterocycles. The molecule has 0 spiro atoms. The van der Waals surface area contributed by atoms with Crippen molar-refractivity contribution >= 4 is 17.9 Å². The molecular weight excluding hydrogens is 298 g/mol. The Morgan fingerprint density at radius 1 is 1.30 bits per heavy atom. The van der Waals surface area contributed by atoms with E-state index in [-0.39, 0.29) is 12.4 Å². The van der Waals surface area contributed by atoms with E-state index in [0.29, 0.717) is 29.5 Å². The van der Waals surface area contributed by atoms with Crippen LogP contribution in [0.5, 0.6) is 17.2 Å². The summed E-state index contributed by atoms with van der Waals surface area (Å²) in [5, 5.41) is 9.01. The first-order valence-corrected chi connectivity index (χ1v) is 7.11. The third kappa shape index (κ3) is 3.26. The molecule has 0 fully saturated rings. The molecule has 0 atom stereocenters. The molecule has 118 valence electrons. The van der Waals surface area contributed by atoms with Gasteiger partial charge in [0.1, 0.15) is 5.75 Å². The molecule has 1 aliphatic rings. The van der Waals surface area contributed by atoms with Crippen LogP contribution in [0.15, 0.2) is 41.4 Å². The smallest absolute Gasteiger partial charge is 0.335 e. The van der Waals surface area contributed by atoms with E-state index >= 15 is 0 Å². The van der Waals surface area contributed by atoms with E-state index in [2.05, 4.69) is 4.99 Å². The van der Waals surface area contributed by atoms with Crippen LogP contribution in [-0.2, 0) is 0 Å². The van der Waals surface area contributed by atoms with Gasteiger partial charge in [0.25, 0.3) is 0 Å². The van der Waals surface area contributed by atoms with E-state index < -0.39 is 5.97 Å². The Labute approximate surface area is 132 Å². The van der Waals surface area contributed by atoms with E-state index in [9.17, 15) is 4.79 Å². The minimum absolute atomic E-state index is 0.183. The molecule has 0 bridgehead atoms. The zero-order valence-corrected chi connectivity index (χ0v) is 12.5. The lowest BCUT2D eigenvalue weighted by Gasteiger charge is -2.08. The lowest BCUT2D eigenvalue weighted by atomic mass is 10.2. The van der Waals surface area contributed by atoms with Crippen molar-refractivity contribution in [3.63, 3.8) is 0 Å². The van der Waals surface area contributed by atoms with Gasteiger partial charge in [-0.3, -0.25) is 4.99 Å². The highest BCUT2D eigenvalue weighted by molar-refractivity contribution is 5.90. The van der Waals surface area contributed by atoms with Gasteiger partial charge in [-0.05, 0) is 31.2 Å². The molecule has 1 N–H and O–H groups in total. The fourth-order valence-electron chi connectivity index (χ4n) is 2.18. The molecule has 3 rings (SSSR count). The number of carboxylic acids is 1. The van der Waals surface area contributed by atoms with Gasteiger partial charge < -0.3 is 19.3 Å². The first-order chi connectivity index (χ1) is 11.2. The summed E-state index contributed by atoms with van der Waals surface area (Å²) in [5.74, 6) is 0.919. The van der Waals surface area contributed by atoms with Gasteiger partial charge in [0, 0.05) is 17.8 Å². The highest BCUT2D eigenvalue weighted by Crippen LogP contribution is 2.37. The minimum Gasteiger partial charge on any atom is -0.493 e. The minimum atomic E-state index is -0.986. The van der Waals surface area contributed by atoms with Crippen molar-refractivity contribution in [1.29, 1.82) is 0 Å². The Balaban J connectivity index is 1.92. The van der Waals surface area contributed by atoms with Gasteiger partial charge in [0.15, 0.2) is 11.5 Å². The second kappa shape index (κ2) is 6.39. The molecule has 2 aromatic carbocycles. The van der Waals surface area contributed by atoms with E-state index in [1.165, 1.54) is 12.1 Å². The maximum atomic E-state index is 11.0. The van der Waals surface area contributed by atoms with Crippen LogP contribution in [0.2, 0.25) is 0 Å². The second-order valence-electron chi connectivity index (χ2n) is 4.79. The fourth-order valence-corrected chi connectivity index (χ4v) is 2.18. The highest BCUT2D eigenvalue weighted by Gasteiger charge is 2.17. The SMILES string of the molecule is CCOc1cc2c(cc1C=Nc1cccc(C(=O)O)c1)OCO2. The van der Waals surface area contributed by atoms with E-state index in [4.69, 9.17) is 19.3 Å². The maximum absolute atomic E-state index is 11.0. The molecule has 1 aliphatic heterocycles. The first kappa shape index (κ1) is 14.9. The molecule has 2 aromatic rings.